The van der Waals surface area contributed by atoms with E-state index in [1.54, 1.807) is 0 Å². The molecule has 0 aliphatic carbocycles. The average molecular weight is 258 g/mol. The van der Waals surface area contributed by atoms with Gasteiger partial charge in [-0.1, -0.05) is 31.5 Å². The maximum absolute atomic E-state index is 11.6. The molecule has 100 valence electrons. The smallest absolute Gasteiger partial charge is 0.276 e. The second kappa shape index (κ2) is 6.04. The van der Waals surface area contributed by atoms with Crippen molar-refractivity contribution >= 4 is 17.2 Å². The van der Waals surface area contributed by atoms with Crippen LogP contribution in [0.15, 0.2) is 41.5 Å². The predicted molar refractivity (Wildman–Crippen MR) is 77.6 cm³/mol. The summed E-state index contributed by atoms with van der Waals surface area (Å²) in [4.78, 5) is 20.3. The first-order valence-electron chi connectivity index (χ1n) is 6.39. The lowest BCUT2D eigenvalue weighted by Crippen LogP contribution is -2.24. The Balaban J connectivity index is 2.43. The summed E-state index contributed by atoms with van der Waals surface area (Å²) in [5.41, 5.74) is 6.68. The summed E-state index contributed by atoms with van der Waals surface area (Å²) in [5.74, 6) is 0.517. The van der Waals surface area contributed by atoms with Gasteiger partial charge in [-0.2, -0.15) is 0 Å². The third kappa shape index (κ3) is 2.93. The number of anilines is 3. The number of benzene rings is 1. The van der Waals surface area contributed by atoms with Crippen molar-refractivity contribution in [2.75, 3.05) is 17.2 Å². The van der Waals surface area contributed by atoms with Crippen LogP contribution in [0.5, 0.6) is 0 Å². The first kappa shape index (κ1) is 13.1. The van der Waals surface area contributed by atoms with Gasteiger partial charge < -0.3 is 15.6 Å². The minimum atomic E-state index is -0.303. The van der Waals surface area contributed by atoms with Gasteiger partial charge in [-0.15, -0.1) is 0 Å². The molecule has 0 saturated heterocycles. The molecule has 1 aromatic heterocycles. The average Bonchev–Trinajstić information content (AvgIpc) is 2.45. The summed E-state index contributed by atoms with van der Waals surface area (Å²) in [5, 5.41) is 0. The molecule has 0 aliphatic rings. The number of rotatable bonds is 5. The van der Waals surface area contributed by atoms with Crippen LogP contribution in [0.3, 0.4) is 0 Å². The van der Waals surface area contributed by atoms with Crippen LogP contribution in [0.4, 0.5) is 17.2 Å². The summed E-state index contributed by atoms with van der Waals surface area (Å²) in [7, 11) is 0. The highest BCUT2D eigenvalue weighted by Crippen LogP contribution is 2.26. The molecule has 1 heterocycles. The van der Waals surface area contributed by atoms with Crippen molar-refractivity contribution in [1.82, 2.24) is 9.97 Å². The third-order valence-electron chi connectivity index (χ3n) is 2.93. The number of nitrogens with zero attached hydrogens (tertiary/aromatic N) is 2. The lowest BCUT2D eigenvalue weighted by atomic mass is 10.2. The number of hydrogen-bond acceptors (Lipinski definition) is 4. The van der Waals surface area contributed by atoms with Crippen LogP contribution < -0.4 is 16.2 Å². The lowest BCUT2D eigenvalue weighted by molar-refractivity contribution is 0.778. The van der Waals surface area contributed by atoms with E-state index in [9.17, 15) is 4.79 Å². The zero-order valence-corrected chi connectivity index (χ0v) is 11.0. The molecular weight excluding hydrogens is 240 g/mol. The van der Waals surface area contributed by atoms with E-state index in [4.69, 9.17) is 5.73 Å². The molecule has 19 heavy (non-hydrogen) atoms. The maximum Gasteiger partial charge on any atom is 0.276 e. The molecule has 1 aromatic carbocycles. The Morgan fingerprint density at radius 2 is 2.05 bits per heavy atom. The molecule has 2 aromatic rings. The molecule has 0 amide bonds. The van der Waals surface area contributed by atoms with Gasteiger partial charge in [-0.25, -0.2) is 4.98 Å². The molecule has 0 spiro atoms. The second-order valence-corrected chi connectivity index (χ2v) is 4.31. The van der Waals surface area contributed by atoms with E-state index < -0.39 is 0 Å². The van der Waals surface area contributed by atoms with Crippen molar-refractivity contribution in [3.8, 4) is 0 Å². The van der Waals surface area contributed by atoms with Gasteiger partial charge in [0.1, 0.15) is 5.69 Å². The van der Waals surface area contributed by atoms with Gasteiger partial charge >= 0.3 is 0 Å². The molecule has 0 aliphatic heterocycles. The van der Waals surface area contributed by atoms with Crippen LogP contribution in [0, 0.1) is 0 Å². The zero-order valence-electron chi connectivity index (χ0n) is 11.0. The van der Waals surface area contributed by atoms with Gasteiger partial charge in [-0.3, -0.25) is 4.79 Å². The number of aromatic amines is 1. The molecule has 5 heteroatoms. The van der Waals surface area contributed by atoms with Gasteiger partial charge in [0.2, 0.25) is 0 Å². The molecule has 0 bridgehead atoms. The monoisotopic (exact) mass is 258 g/mol. The minimum absolute atomic E-state index is 0.155. The first-order valence-corrected chi connectivity index (χ1v) is 6.39. The van der Waals surface area contributed by atoms with Crippen LogP contribution >= 0.6 is 0 Å². The Morgan fingerprint density at radius 3 is 2.74 bits per heavy atom. The summed E-state index contributed by atoms with van der Waals surface area (Å²) in [6, 6.07) is 9.83. The Bertz CT molecular complexity index is 579. The van der Waals surface area contributed by atoms with Crippen LogP contribution in [-0.2, 0) is 0 Å². The Labute approximate surface area is 112 Å². The third-order valence-corrected chi connectivity index (χ3v) is 2.93. The standard InChI is InChI=1S/C14H18N4O/c1-2-3-9-18(11-7-5-4-6-8-11)13-12(15)14(19)17-10-16-13/h4-8,10H,2-3,9,15H2,1H3,(H,16,17,19). The second-order valence-electron chi connectivity index (χ2n) is 4.31. The normalized spacial score (nSPS) is 10.4. The van der Waals surface area contributed by atoms with Crippen LogP contribution in [0.2, 0.25) is 0 Å². The fourth-order valence-electron chi connectivity index (χ4n) is 1.90. The summed E-state index contributed by atoms with van der Waals surface area (Å²) < 4.78 is 0. The highest BCUT2D eigenvalue weighted by molar-refractivity contribution is 5.70. The van der Waals surface area contributed by atoms with Gasteiger partial charge in [0.05, 0.1) is 6.33 Å². The molecular formula is C14H18N4O. The molecule has 0 radical (unpaired) electrons. The fourth-order valence-corrected chi connectivity index (χ4v) is 1.90. The van der Waals surface area contributed by atoms with Crippen molar-refractivity contribution in [2.45, 2.75) is 19.8 Å². The number of aromatic nitrogens is 2. The van der Waals surface area contributed by atoms with Crippen LogP contribution in [0.25, 0.3) is 0 Å². The van der Waals surface area contributed by atoms with Crippen molar-refractivity contribution in [2.24, 2.45) is 0 Å². The highest BCUT2D eigenvalue weighted by Gasteiger charge is 2.14. The molecule has 5 nitrogen and oxygen atoms in total. The topological polar surface area (TPSA) is 75.0 Å². The predicted octanol–water partition coefficient (Wildman–Crippen LogP) is 2.29. The van der Waals surface area contributed by atoms with Crippen molar-refractivity contribution in [3.05, 3.63) is 47.0 Å². The molecule has 0 atom stereocenters. The number of para-hydroxylation sites is 1. The van der Waals surface area contributed by atoms with Crippen molar-refractivity contribution < 1.29 is 0 Å². The number of nitrogens with two attached hydrogens (primary N) is 1. The Kier molecular flexibility index (Phi) is 4.18. The molecule has 3 N–H and O–H groups in total. The Hall–Kier alpha value is -2.30. The molecule has 0 unspecified atom stereocenters. The first-order chi connectivity index (χ1) is 9.24. The van der Waals surface area contributed by atoms with E-state index in [1.165, 1.54) is 6.33 Å². The fraction of sp³-hybridized carbons (Fsp3) is 0.286. The molecule has 2 rings (SSSR count). The van der Waals surface area contributed by atoms with Gasteiger partial charge in [0.15, 0.2) is 5.82 Å². The van der Waals surface area contributed by atoms with Crippen molar-refractivity contribution in [1.29, 1.82) is 0 Å². The van der Waals surface area contributed by atoms with E-state index in [2.05, 4.69) is 16.9 Å². The van der Waals surface area contributed by atoms with E-state index >= 15 is 0 Å². The number of unbranched alkanes of at least 4 members (excludes halogenated alkanes) is 1. The maximum atomic E-state index is 11.6. The van der Waals surface area contributed by atoms with E-state index in [0.29, 0.717) is 5.82 Å². The van der Waals surface area contributed by atoms with E-state index in [-0.39, 0.29) is 11.2 Å². The van der Waals surface area contributed by atoms with Gasteiger partial charge in [0, 0.05) is 12.2 Å². The van der Waals surface area contributed by atoms with Crippen LogP contribution in [-0.4, -0.2) is 16.5 Å². The van der Waals surface area contributed by atoms with E-state index in [1.807, 2.05) is 35.2 Å². The van der Waals surface area contributed by atoms with Crippen molar-refractivity contribution in [3.63, 3.8) is 0 Å². The summed E-state index contributed by atoms with van der Waals surface area (Å²) >= 11 is 0. The highest BCUT2D eigenvalue weighted by atomic mass is 16.1. The SMILES string of the molecule is CCCCN(c1ccccc1)c1nc[nH]c(=O)c1N. The molecule has 0 saturated carbocycles. The summed E-state index contributed by atoms with van der Waals surface area (Å²) in [6.07, 6.45) is 3.45. The molecule has 0 fully saturated rings. The Morgan fingerprint density at radius 1 is 1.32 bits per heavy atom. The summed E-state index contributed by atoms with van der Waals surface area (Å²) in [6.45, 7) is 2.90. The van der Waals surface area contributed by atoms with Gasteiger partial charge in [0.25, 0.3) is 5.56 Å². The van der Waals surface area contributed by atoms with Crippen LogP contribution in [0.1, 0.15) is 19.8 Å². The van der Waals surface area contributed by atoms with E-state index in [0.717, 1.165) is 25.1 Å². The minimum Gasteiger partial charge on any atom is -0.391 e. The largest absolute Gasteiger partial charge is 0.391 e. The number of nitrogen functional groups attached to an aromatic ring is 1. The number of H-pyrrole nitrogens is 1. The van der Waals surface area contributed by atoms with Gasteiger partial charge in [-0.05, 0) is 18.6 Å². The number of nitrogens with one attached hydrogen (secondary N) is 1. The quantitative estimate of drug-likeness (QED) is 0.862. The zero-order chi connectivity index (χ0) is 13.7. The lowest BCUT2D eigenvalue weighted by Gasteiger charge is -2.24. The number of hydrogen-bond donors (Lipinski definition) is 2.